The maximum atomic E-state index is 12.0. The number of hydrogen-bond donors (Lipinski definition) is 1. The van der Waals surface area contributed by atoms with Crippen molar-refractivity contribution in [1.29, 1.82) is 0 Å². The molecule has 286 valence electrons. The topological polar surface area (TPSA) is 72.8 Å². The average molecular weight is 681 g/mol. The fraction of sp³-hybridized carbons (Fsp3) is 0.953. The Labute approximate surface area is 299 Å². The smallest absolute Gasteiger partial charge is 0.305 e. The number of hydrogen-bond acceptors (Lipinski definition) is 5. The van der Waals surface area contributed by atoms with Gasteiger partial charge in [-0.15, -0.1) is 0 Å². The number of carbonyl (C=O) groups excluding carboxylic acids is 2. The quantitative estimate of drug-likeness (QED) is 0.0515. The second kappa shape index (κ2) is 40.3. The molecule has 0 radical (unpaired) electrons. The molecule has 0 saturated carbocycles. The summed E-state index contributed by atoms with van der Waals surface area (Å²) in [6, 6.07) is 0. The first kappa shape index (κ1) is 46.9. The van der Waals surface area contributed by atoms with Crippen molar-refractivity contribution in [3.63, 3.8) is 0 Å². The normalized spacial score (nSPS) is 12.0. The SMILES string of the molecule is CCCCCCCCCCCCCCCCCCCCCCCCC(=O)OC[C@@H](O)COC(=O)CCCCCCCCCCCCCC. The Hall–Kier alpha value is -1.10. The second-order valence-corrected chi connectivity index (χ2v) is 14.8. The highest BCUT2D eigenvalue weighted by atomic mass is 16.6. The molecule has 0 aromatic heterocycles. The second-order valence-electron chi connectivity index (χ2n) is 14.8. The molecule has 0 saturated heterocycles. The maximum absolute atomic E-state index is 12.0. The molecule has 0 aliphatic carbocycles. The van der Waals surface area contributed by atoms with Gasteiger partial charge in [-0.3, -0.25) is 9.59 Å². The van der Waals surface area contributed by atoms with Crippen molar-refractivity contribution in [3.05, 3.63) is 0 Å². The molecule has 0 heterocycles. The van der Waals surface area contributed by atoms with Crippen LogP contribution in [0.4, 0.5) is 0 Å². The van der Waals surface area contributed by atoms with Crippen LogP contribution in [0.2, 0.25) is 0 Å². The van der Waals surface area contributed by atoms with Crippen LogP contribution in [0.25, 0.3) is 0 Å². The summed E-state index contributed by atoms with van der Waals surface area (Å²) < 4.78 is 10.3. The number of unbranched alkanes of at least 4 members (excludes halogenated alkanes) is 32. The first-order valence-corrected chi connectivity index (χ1v) is 21.6. The van der Waals surface area contributed by atoms with Crippen LogP contribution in [-0.2, 0) is 19.1 Å². The number of rotatable bonds is 40. The predicted octanol–water partition coefficient (Wildman–Crippen LogP) is 13.5. The average Bonchev–Trinajstić information content (AvgIpc) is 3.09. The standard InChI is InChI=1S/C43H84O5/c1-3-5-7-9-11-13-15-17-18-19-20-21-22-23-24-25-26-28-30-32-34-36-38-43(46)48-40-41(44)39-47-42(45)37-35-33-31-29-27-16-14-12-10-8-6-4-2/h41,44H,3-40H2,1-2H3/t41-/m0/s1. The maximum Gasteiger partial charge on any atom is 0.305 e. The van der Waals surface area contributed by atoms with Gasteiger partial charge in [0.2, 0.25) is 0 Å². The highest BCUT2D eigenvalue weighted by molar-refractivity contribution is 5.69. The van der Waals surface area contributed by atoms with E-state index in [-0.39, 0.29) is 25.2 Å². The van der Waals surface area contributed by atoms with Gasteiger partial charge in [0.25, 0.3) is 0 Å². The third-order valence-electron chi connectivity index (χ3n) is 9.84. The minimum absolute atomic E-state index is 0.107. The summed E-state index contributed by atoms with van der Waals surface area (Å²) in [6.45, 7) is 4.33. The molecule has 0 bridgehead atoms. The molecule has 0 amide bonds. The number of aliphatic hydroxyl groups excluding tert-OH is 1. The van der Waals surface area contributed by atoms with E-state index in [0.717, 1.165) is 25.7 Å². The van der Waals surface area contributed by atoms with Gasteiger partial charge in [-0.05, 0) is 12.8 Å². The fourth-order valence-corrected chi connectivity index (χ4v) is 6.56. The van der Waals surface area contributed by atoms with Gasteiger partial charge in [0.15, 0.2) is 0 Å². The zero-order chi connectivity index (χ0) is 35.0. The van der Waals surface area contributed by atoms with Crippen molar-refractivity contribution in [1.82, 2.24) is 0 Å². The molecule has 0 spiro atoms. The van der Waals surface area contributed by atoms with Gasteiger partial charge in [-0.25, -0.2) is 0 Å². The summed E-state index contributed by atoms with van der Waals surface area (Å²) >= 11 is 0. The van der Waals surface area contributed by atoms with E-state index in [1.165, 1.54) is 193 Å². The molecule has 1 N–H and O–H groups in total. The minimum Gasteiger partial charge on any atom is -0.463 e. The Morgan fingerprint density at radius 1 is 0.354 bits per heavy atom. The van der Waals surface area contributed by atoms with Gasteiger partial charge in [0, 0.05) is 12.8 Å². The highest BCUT2D eigenvalue weighted by Crippen LogP contribution is 2.16. The summed E-state index contributed by atoms with van der Waals surface area (Å²) in [6.07, 6.45) is 44.6. The molecule has 0 unspecified atom stereocenters. The molecule has 5 heteroatoms. The van der Waals surface area contributed by atoms with Gasteiger partial charge in [-0.1, -0.05) is 219 Å². The van der Waals surface area contributed by atoms with Crippen molar-refractivity contribution in [2.75, 3.05) is 13.2 Å². The van der Waals surface area contributed by atoms with E-state index in [4.69, 9.17) is 9.47 Å². The van der Waals surface area contributed by atoms with Crippen molar-refractivity contribution in [2.24, 2.45) is 0 Å². The van der Waals surface area contributed by atoms with E-state index >= 15 is 0 Å². The summed E-state index contributed by atoms with van der Waals surface area (Å²) in [5.41, 5.74) is 0. The molecule has 0 aliphatic heterocycles. The van der Waals surface area contributed by atoms with E-state index in [1.54, 1.807) is 0 Å². The lowest BCUT2D eigenvalue weighted by Gasteiger charge is -2.12. The Morgan fingerprint density at radius 2 is 0.542 bits per heavy atom. The largest absolute Gasteiger partial charge is 0.463 e. The first-order valence-electron chi connectivity index (χ1n) is 21.6. The van der Waals surface area contributed by atoms with E-state index in [0.29, 0.717) is 12.8 Å². The lowest BCUT2D eigenvalue weighted by Crippen LogP contribution is -2.25. The van der Waals surface area contributed by atoms with E-state index in [9.17, 15) is 14.7 Å². The minimum atomic E-state index is -0.954. The van der Waals surface area contributed by atoms with Crippen LogP contribution in [0.15, 0.2) is 0 Å². The number of ether oxygens (including phenoxy) is 2. The van der Waals surface area contributed by atoms with Crippen LogP contribution in [0.3, 0.4) is 0 Å². The van der Waals surface area contributed by atoms with Crippen LogP contribution in [0.5, 0.6) is 0 Å². The summed E-state index contributed by atoms with van der Waals surface area (Å²) in [5, 5.41) is 10.0. The van der Waals surface area contributed by atoms with Crippen LogP contribution in [0.1, 0.15) is 245 Å². The Bertz CT molecular complexity index is 651. The van der Waals surface area contributed by atoms with Gasteiger partial charge >= 0.3 is 11.9 Å². The van der Waals surface area contributed by atoms with Gasteiger partial charge in [-0.2, -0.15) is 0 Å². The number of aliphatic hydroxyl groups is 1. The predicted molar refractivity (Wildman–Crippen MR) is 205 cm³/mol. The molecule has 48 heavy (non-hydrogen) atoms. The lowest BCUT2D eigenvalue weighted by molar-refractivity contribution is -0.152. The van der Waals surface area contributed by atoms with Crippen LogP contribution in [0, 0.1) is 0 Å². The molecule has 0 aliphatic rings. The van der Waals surface area contributed by atoms with Crippen molar-refractivity contribution >= 4 is 11.9 Å². The molecular weight excluding hydrogens is 596 g/mol. The number of carbonyl (C=O) groups is 2. The molecule has 1 atom stereocenters. The third-order valence-corrected chi connectivity index (χ3v) is 9.84. The highest BCUT2D eigenvalue weighted by Gasteiger charge is 2.12. The van der Waals surface area contributed by atoms with Crippen LogP contribution >= 0.6 is 0 Å². The monoisotopic (exact) mass is 681 g/mol. The summed E-state index contributed by atoms with van der Waals surface area (Å²) in [4.78, 5) is 23.9. The van der Waals surface area contributed by atoms with Gasteiger partial charge in [0.05, 0.1) is 0 Å². The van der Waals surface area contributed by atoms with Crippen molar-refractivity contribution in [2.45, 2.75) is 251 Å². The molecule has 5 nitrogen and oxygen atoms in total. The Kier molecular flexibility index (Phi) is 39.4. The molecule has 0 aromatic carbocycles. The summed E-state index contributed by atoms with van der Waals surface area (Å²) in [7, 11) is 0. The lowest BCUT2D eigenvalue weighted by atomic mass is 10.0. The van der Waals surface area contributed by atoms with Gasteiger partial charge < -0.3 is 14.6 Å². The van der Waals surface area contributed by atoms with E-state index < -0.39 is 6.10 Å². The fourth-order valence-electron chi connectivity index (χ4n) is 6.56. The third kappa shape index (κ3) is 39.3. The van der Waals surface area contributed by atoms with E-state index in [1.807, 2.05) is 0 Å². The zero-order valence-corrected chi connectivity index (χ0v) is 32.5. The summed E-state index contributed by atoms with van der Waals surface area (Å²) in [5.74, 6) is -0.549. The molecule has 0 aromatic rings. The molecule has 0 rings (SSSR count). The Morgan fingerprint density at radius 3 is 0.750 bits per heavy atom. The molecular formula is C43H84O5. The van der Waals surface area contributed by atoms with E-state index in [2.05, 4.69) is 13.8 Å². The van der Waals surface area contributed by atoms with Crippen LogP contribution < -0.4 is 0 Å². The Balaban J connectivity index is 3.33. The van der Waals surface area contributed by atoms with Gasteiger partial charge in [0.1, 0.15) is 19.3 Å². The van der Waals surface area contributed by atoms with Crippen LogP contribution in [-0.4, -0.2) is 36.4 Å². The number of esters is 2. The zero-order valence-electron chi connectivity index (χ0n) is 32.5. The van der Waals surface area contributed by atoms with Crippen molar-refractivity contribution < 1.29 is 24.2 Å². The molecule has 0 fully saturated rings. The van der Waals surface area contributed by atoms with Crippen molar-refractivity contribution in [3.8, 4) is 0 Å². The first-order chi connectivity index (χ1) is 23.6.